The van der Waals surface area contributed by atoms with E-state index >= 15 is 0 Å². The number of methoxy groups -OCH3 is 1. The molecular weight excluding hydrogens is 226 g/mol. The smallest absolute Gasteiger partial charge is 0.0701 e. The molecule has 1 N–H and O–H groups in total. The Kier molecular flexibility index (Phi) is 6.97. The Morgan fingerprint density at radius 2 is 1.88 bits per heavy atom. The van der Waals surface area contributed by atoms with Crippen LogP contribution in [0.5, 0.6) is 0 Å². The molecule has 0 aliphatic rings. The summed E-state index contributed by atoms with van der Waals surface area (Å²) < 4.78 is 10.2. The van der Waals surface area contributed by atoms with Gasteiger partial charge in [-0.2, -0.15) is 0 Å². The van der Waals surface area contributed by atoms with E-state index in [9.17, 15) is 0 Å². The molecule has 0 unspecified atom stereocenters. The first kappa shape index (κ1) is 13.3. The molecule has 0 aliphatic heterocycles. The van der Waals surface area contributed by atoms with Crippen LogP contribution >= 0.6 is 11.6 Å². The molecule has 0 amide bonds. The Bertz CT molecular complexity index is 277. The van der Waals surface area contributed by atoms with Gasteiger partial charge in [-0.25, -0.2) is 0 Å². The Labute approximate surface area is 102 Å². The molecule has 0 saturated carbocycles. The minimum Gasteiger partial charge on any atom is -0.383 e. The van der Waals surface area contributed by atoms with Crippen molar-refractivity contribution in [1.82, 2.24) is 0 Å². The zero-order valence-electron chi connectivity index (χ0n) is 9.54. The molecule has 1 aromatic rings. The van der Waals surface area contributed by atoms with Gasteiger partial charge in [0.25, 0.3) is 0 Å². The van der Waals surface area contributed by atoms with E-state index in [2.05, 4.69) is 5.32 Å². The van der Waals surface area contributed by atoms with Gasteiger partial charge in [-0.1, -0.05) is 12.1 Å². The van der Waals surface area contributed by atoms with E-state index in [1.165, 1.54) is 0 Å². The van der Waals surface area contributed by atoms with Crippen molar-refractivity contribution in [3.05, 3.63) is 29.8 Å². The van der Waals surface area contributed by atoms with Crippen molar-refractivity contribution < 1.29 is 9.47 Å². The van der Waals surface area contributed by atoms with Gasteiger partial charge >= 0.3 is 0 Å². The Hall–Kier alpha value is -0.770. The van der Waals surface area contributed by atoms with E-state index in [4.69, 9.17) is 21.1 Å². The van der Waals surface area contributed by atoms with Gasteiger partial charge in [0.2, 0.25) is 0 Å². The molecule has 90 valence electrons. The summed E-state index contributed by atoms with van der Waals surface area (Å²) >= 11 is 5.70. The van der Waals surface area contributed by atoms with Gasteiger partial charge < -0.3 is 14.8 Å². The molecule has 1 aromatic carbocycles. The summed E-state index contributed by atoms with van der Waals surface area (Å²) in [6, 6.07) is 8.07. The van der Waals surface area contributed by atoms with Crippen LogP contribution < -0.4 is 5.32 Å². The largest absolute Gasteiger partial charge is 0.383 e. The summed E-state index contributed by atoms with van der Waals surface area (Å²) in [4.78, 5) is 0. The van der Waals surface area contributed by atoms with E-state index in [0.717, 1.165) is 17.8 Å². The van der Waals surface area contributed by atoms with Crippen molar-refractivity contribution in [2.45, 2.75) is 5.88 Å². The highest BCUT2D eigenvalue weighted by Crippen LogP contribution is 2.10. The molecule has 16 heavy (non-hydrogen) atoms. The maximum atomic E-state index is 5.70. The first-order valence-electron chi connectivity index (χ1n) is 5.32. The second kappa shape index (κ2) is 8.39. The third-order valence-electron chi connectivity index (χ3n) is 2.12. The van der Waals surface area contributed by atoms with Gasteiger partial charge in [0.1, 0.15) is 0 Å². The number of benzene rings is 1. The van der Waals surface area contributed by atoms with Crippen molar-refractivity contribution in [1.29, 1.82) is 0 Å². The lowest BCUT2D eigenvalue weighted by Crippen LogP contribution is -2.11. The number of hydrogen-bond acceptors (Lipinski definition) is 3. The summed E-state index contributed by atoms with van der Waals surface area (Å²) in [7, 11) is 1.67. The predicted molar refractivity (Wildman–Crippen MR) is 67.2 cm³/mol. The van der Waals surface area contributed by atoms with Crippen LogP contribution in [0.2, 0.25) is 0 Å². The van der Waals surface area contributed by atoms with Gasteiger partial charge in [0.15, 0.2) is 0 Å². The van der Waals surface area contributed by atoms with E-state index in [1.807, 2.05) is 24.3 Å². The highest BCUT2D eigenvalue weighted by Gasteiger charge is 1.93. The molecule has 0 atom stereocenters. The van der Waals surface area contributed by atoms with E-state index in [0.29, 0.717) is 25.7 Å². The zero-order valence-corrected chi connectivity index (χ0v) is 10.3. The fourth-order valence-corrected chi connectivity index (χ4v) is 1.40. The van der Waals surface area contributed by atoms with Gasteiger partial charge in [-0.05, 0) is 17.7 Å². The number of rotatable bonds is 8. The summed E-state index contributed by atoms with van der Waals surface area (Å²) in [5.41, 5.74) is 2.22. The molecule has 1 rings (SSSR count). The molecule has 0 heterocycles. The Morgan fingerprint density at radius 3 is 2.50 bits per heavy atom. The van der Waals surface area contributed by atoms with Crippen LogP contribution in [-0.4, -0.2) is 33.5 Å². The highest BCUT2D eigenvalue weighted by molar-refractivity contribution is 6.17. The minimum absolute atomic E-state index is 0.556. The van der Waals surface area contributed by atoms with Crippen LogP contribution in [0.4, 0.5) is 5.69 Å². The highest BCUT2D eigenvalue weighted by atomic mass is 35.5. The number of hydrogen-bond donors (Lipinski definition) is 1. The van der Waals surface area contributed by atoms with Crippen LogP contribution in [0.3, 0.4) is 0 Å². The second-order valence-electron chi connectivity index (χ2n) is 3.36. The third kappa shape index (κ3) is 5.35. The van der Waals surface area contributed by atoms with Gasteiger partial charge in [-0.15, -0.1) is 11.6 Å². The monoisotopic (exact) mass is 243 g/mol. The molecule has 0 bridgehead atoms. The number of halogens is 1. The van der Waals surface area contributed by atoms with E-state index < -0.39 is 0 Å². The van der Waals surface area contributed by atoms with E-state index in [1.54, 1.807) is 7.11 Å². The summed E-state index contributed by atoms with van der Waals surface area (Å²) in [5.74, 6) is 0.556. The first-order valence-corrected chi connectivity index (χ1v) is 5.85. The number of anilines is 1. The second-order valence-corrected chi connectivity index (χ2v) is 3.63. The molecule has 4 heteroatoms. The molecule has 3 nitrogen and oxygen atoms in total. The van der Waals surface area contributed by atoms with Crippen LogP contribution in [0.15, 0.2) is 24.3 Å². The lowest BCUT2D eigenvalue weighted by atomic mass is 10.2. The van der Waals surface area contributed by atoms with Crippen LogP contribution in [0.25, 0.3) is 0 Å². The summed E-state index contributed by atoms with van der Waals surface area (Å²) in [6.07, 6.45) is 0. The average Bonchev–Trinajstić information content (AvgIpc) is 2.34. The van der Waals surface area contributed by atoms with Crippen LogP contribution in [-0.2, 0) is 15.4 Å². The van der Waals surface area contributed by atoms with Crippen molar-refractivity contribution in [3.63, 3.8) is 0 Å². The first-order chi connectivity index (χ1) is 7.86. The molecule has 0 aromatic heterocycles. The lowest BCUT2D eigenvalue weighted by Gasteiger charge is -2.07. The van der Waals surface area contributed by atoms with Crippen LogP contribution in [0, 0.1) is 0 Å². The van der Waals surface area contributed by atoms with Gasteiger partial charge in [-0.3, -0.25) is 0 Å². The molecule has 0 spiro atoms. The Balaban J connectivity index is 2.12. The fraction of sp³-hybridized carbons (Fsp3) is 0.500. The van der Waals surface area contributed by atoms with Gasteiger partial charge in [0, 0.05) is 25.2 Å². The van der Waals surface area contributed by atoms with Crippen LogP contribution in [0.1, 0.15) is 5.56 Å². The van der Waals surface area contributed by atoms with Crippen molar-refractivity contribution >= 4 is 17.3 Å². The fourth-order valence-electron chi connectivity index (χ4n) is 1.22. The Morgan fingerprint density at radius 1 is 1.12 bits per heavy atom. The minimum atomic E-state index is 0.556. The quantitative estimate of drug-likeness (QED) is 0.562. The SMILES string of the molecule is COCCOCCNc1ccc(CCl)cc1. The molecular formula is C12H18ClNO2. The topological polar surface area (TPSA) is 30.5 Å². The normalized spacial score (nSPS) is 10.4. The van der Waals surface area contributed by atoms with Crippen molar-refractivity contribution in [2.75, 3.05) is 38.8 Å². The molecule has 0 fully saturated rings. The number of alkyl halides is 1. The molecule has 0 aliphatic carbocycles. The standard InChI is InChI=1S/C12H18ClNO2/c1-15-8-9-16-7-6-14-12-4-2-11(10-13)3-5-12/h2-5,14H,6-10H2,1H3. The van der Waals surface area contributed by atoms with Crippen molar-refractivity contribution in [2.24, 2.45) is 0 Å². The van der Waals surface area contributed by atoms with Crippen molar-refractivity contribution in [3.8, 4) is 0 Å². The summed E-state index contributed by atoms with van der Waals surface area (Å²) in [6.45, 7) is 2.76. The predicted octanol–water partition coefficient (Wildman–Crippen LogP) is 2.50. The summed E-state index contributed by atoms with van der Waals surface area (Å²) in [5, 5.41) is 3.26. The van der Waals surface area contributed by atoms with Gasteiger partial charge in [0.05, 0.1) is 19.8 Å². The van der Waals surface area contributed by atoms with E-state index in [-0.39, 0.29) is 0 Å². The average molecular weight is 244 g/mol. The molecule has 0 radical (unpaired) electrons. The third-order valence-corrected chi connectivity index (χ3v) is 2.42. The number of nitrogens with one attached hydrogen (secondary N) is 1. The molecule has 0 saturated heterocycles. The number of ether oxygens (including phenoxy) is 2. The maximum Gasteiger partial charge on any atom is 0.0701 e. The zero-order chi connectivity index (χ0) is 11.6. The maximum absolute atomic E-state index is 5.70. The lowest BCUT2D eigenvalue weighted by molar-refractivity contribution is 0.0759.